The van der Waals surface area contributed by atoms with Crippen LogP contribution in [0, 0.1) is 3.70 Å². The molecule has 1 aliphatic heterocycles. The van der Waals surface area contributed by atoms with Crippen molar-refractivity contribution in [1.82, 2.24) is 9.88 Å². The first-order valence-electron chi connectivity index (χ1n) is 5.74. The normalized spacial score (nSPS) is 21.4. The van der Waals surface area contributed by atoms with Crippen LogP contribution < -0.4 is 0 Å². The number of carboxylic acid groups (broad SMARTS) is 1. The van der Waals surface area contributed by atoms with Crippen molar-refractivity contribution in [3.8, 4) is 0 Å². The van der Waals surface area contributed by atoms with E-state index in [0.29, 0.717) is 6.54 Å². The van der Waals surface area contributed by atoms with Crippen molar-refractivity contribution in [3.63, 3.8) is 0 Å². The van der Waals surface area contributed by atoms with E-state index in [-0.39, 0.29) is 6.04 Å². The second-order valence-electron chi connectivity index (χ2n) is 4.31. The van der Waals surface area contributed by atoms with Crippen LogP contribution in [0.1, 0.15) is 24.8 Å². The molecule has 1 saturated heterocycles. The Labute approximate surface area is 114 Å². The molecule has 0 radical (unpaired) electrons. The maximum Gasteiger partial charge on any atom is 0.320 e. The number of halogens is 1. The topological polar surface area (TPSA) is 53.4 Å². The van der Waals surface area contributed by atoms with Crippen LogP contribution in [0.25, 0.3) is 0 Å². The average Bonchev–Trinajstić information content (AvgIpc) is 2.32. The van der Waals surface area contributed by atoms with Crippen molar-refractivity contribution in [2.75, 3.05) is 6.54 Å². The molecule has 1 aromatic rings. The molecule has 0 saturated carbocycles. The van der Waals surface area contributed by atoms with Crippen LogP contribution in [0.3, 0.4) is 0 Å². The minimum absolute atomic E-state index is 0.331. The molecule has 2 heterocycles. The largest absolute Gasteiger partial charge is 0.480 e. The quantitative estimate of drug-likeness (QED) is 0.673. The summed E-state index contributed by atoms with van der Waals surface area (Å²) in [6, 6.07) is 3.64. The standard InChI is InChI=1S/C12H15IN2O2/c13-11-5-4-9(7-14-11)8-15-6-2-1-3-10(15)12(16)17/h4-5,7,10H,1-3,6,8H2,(H,16,17). The highest BCUT2D eigenvalue weighted by Crippen LogP contribution is 2.19. The summed E-state index contributed by atoms with van der Waals surface area (Å²) in [5.74, 6) is -0.705. The van der Waals surface area contributed by atoms with Gasteiger partial charge in [-0.2, -0.15) is 0 Å². The molecular formula is C12H15IN2O2. The third-order valence-electron chi connectivity index (χ3n) is 3.07. The Morgan fingerprint density at radius 3 is 3.00 bits per heavy atom. The zero-order valence-corrected chi connectivity index (χ0v) is 11.6. The molecule has 1 unspecified atom stereocenters. The molecule has 17 heavy (non-hydrogen) atoms. The van der Waals surface area contributed by atoms with Crippen LogP contribution in [0.5, 0.6) is 0 Å². The molecule has 1 atom stereocenters. The molecule has 0 spiro atoms. The van der Waals surface area contributed by atoms with E-state index in [1.165, 1.54) is 0 Å². The molecule has 2 rings (SSSR count). The van der Waals surface area contributed by atoms with E-state index >= 15 is 0 Å². The lowest BCUT2D eigenvalue weighted by molar-refractivity contribution is -0.144. The number of hydrogen-bond donors (Lipinski definition) is 1. The van der Waals surface area contributed by atoms with E-state index in [1.54, 1.807) is 0 Å². The SMILES string of the molecule is O=C(O)C1CCCCN1Cc1ccc(I)nc1. The molecule has 0 aromatic carbocycles. The minimum Gasteiger partial charge on any atom is -0.480 e. The van der Waals surface area contributed by atoms with Crippen molar-refractivity contribution in [2.24, 2.45) is 0 Å². The van der Waals surface area contributed by atoms with Crippen molar-refractivity contribution >= 4 is 28.6 Å². The zero-order valence-electron chi connectivity index (χ0n) is 9.47. The summed E-state index contributed by atoms with van der Waals surface area (Å²) >= 11 is 2.16. The fourth-order valence-corrected chi connectivity index (χ4v) is 2.51. The highest BCUT2D eigenvalue weighted by molar-refractivity contribution is 14.1. The molecule has 1 aliphatic rings. The molecule has 1 N–H and O–H groups in total. The summed E-state index contributed by atoms with van der Waals surface area (Å²) < 4.78 is 0.958. The number of aromatic nitrogens is 1. The Balaban J connectivity index is 2.05. The van der Waals surface area contributed by atoms with E-state index in [4.69, 9.17) is 0 Å². The Morgan fingerprint density at radius 2 is 2.35 bits per heavy atom. The van der Waals surface area contributed by atoms with Gasteiger partial charge in [0.05, 0.1) is 0 Å². The number of rotatable bonds is 3. The number of hydrogen-bond acceptors (Lipinski definition) is 3. The number of carboxylic acids is 1. The molecule has 4 nitrogen and oxygen atoms in total. The second kappa shape index (κ2) is 5.77. The third kappa shape index (κ3) is 3.38. The lowest BCUT2D eigenvalue weighted by Gasteiger charge is -2.32. The molecule has 0 bridgehead atoms. The lowest BCUT2D eigenvalue weighted by Crippen LogP contribution is -2.44. The van der Waals surface area contributed by atoms with Crippen LogP contribution >= 0.6 is 22.6 Å². The third-order valence-corrected chi connectivity index (χ3v) is 3.71. The summed E-state index contributed by atoms with van der Waals surface area (Å²) in [5.41, 5.74) is 1.08. The van der Waals surface area contributed by atoms with E-state index in [9.17, 15) is 9.90 Å². The van der Waals surface area contributed by atoms with Gasteiger partial charge in [0.25, 0.3) is 0 Å². The monoisotopic (exact) mass is 346 g/mol. The first-order valence-corrected chi connectivity index (χ1v) is 6.82. The Morgan fingerprint density at radius 1 is 1.53 bits per heavy atom. The fraction of sp³-hybridized carbons (Fsp3) is 0.500. The minimum atomic E-state index is -0.705. The van der Waals surface area contributed by atoms with Gasteiger partial charge < -0.3 is 5.11 Å². The summed E-state index contributed by atoms with van der Waals surface area (Å²) in [4.78, 5) is 17.4. The predicted molar refractivity (Wildman–Crippen MR) is 72.6 cm³/mol. The van der Waals surface area contributed by atoms with Gasteiger partial charge in [-0.15, -0.1) is 0 Å². The lowest BCUT2D eigenvalue weighted by atomic mass is 10.0. The number of aliphatic carboxylic acids is 1. The maximum atomic E-state index is 11.2. The maximum absolute atomic E-state index is 11.2. The van der Waals surface area contributed by atoms with Crippen LogP contribution in [0.4, 0.5) is 0 Å². The molecular weight excluding hydrogens is 331 g/mol. The van der Waals surface area contributed by atoms with Gasteiger partial charge in [0.1, 0.15) is 9.74 Å². The summed E-state index contributed by atoms with van der Waals surface area (Å²) in [5, 5.41) is 9.17. The Bertz CT molecular complexity index is 394. The Hall–Kier alpha value is -0.690. The van der Waals surface area contributed by atoms with Crippen LogP contribution in [-0.2, 0) is 11.3 Å². The van der Waals surface area contributed by atoms with Crippen molar-refractivity contribution in [3.05, 3.63) is 27.6 Å². The van der Waals surface area contributed by atoms with Gasteiger partial charge in [-0.25, -0.2) is 0 Å². The molecule has 1 aromatic heterocycles. The van der Waals surface area contributed by atoms with E-state index in [0.717, 1.165) is 35.1 Å². The van der Waals surface area contributed by atoms with Crippen LogP contribution in [0.2, 0.25) is 0 Å². The van der Waals surface area contributed by atoms with E-state index in [1.807, 2.05) is 23.2 Å². The van der Waals surface area contributed by atoms with Gasteiger partial charge in [-0.1, -0.05) is 12.5 Å². The van der Waals surface area contributed by atoms with Gasteiger partial charge >= 0.3 is 5.97 Å². The number of pyridine rings is 1. The van der Waals surface area contributed by atoms with E-state index in [2.05, 4.69) is 27.6 Å². The van der Waals surface area contributed by atoms with E-state index < -0.39 is 5.97 Å². The molecule has 92 valence electrons. The van der Waals surface area contributed by atoms with Gasteiger partial charge in [0.15, 0.2) is 0 Å². The van der Waals surface area contributed by atoms with Crippen molar-refractivity contribution in [1.29, 1.82) is 0 Å². The first kappa shape index (κ1) is 12.8. The second-order valence-corrected chi connectivity index (χ2v) is 5.41. The summed E-state index contributed by atoms with van der Waals surface area (Å²) in [6.45, 7) is 1.55. The number of nitrogens with zero attached hydrogens (tertiary/aromatic N) is 2. The summed E-state index contributed by atoms with van der Waals surface area (Å²) in [7, 11) is 0. The van der Waals surface area contributed by atoms with Gasteiger partial charge in [-0.3, -0.25) is 14.7 Å². The molecule has 0 amide bonds. The van der Waals surface area contributed by atoms with Gasteiger partial charge in [-0.05, 0) is 53.6 Å². The molecule has 1 fully saturated rings. The smallest absolute Gasteiger partial charge is 0.320 e. The average molecular weight is 346 g/mol. The van der Waals surface area contributed by atoms with Crippen molar-refractivity contribution in [2.45, 2.75) is 31.8 Å². The Kier molecular flexibility index (Phi) is 4.33. The summed E-state index contributed by atoms with van der Waals surface area (Å²) in [6.07, 6.45) is 4.68. The highest BCUT2D eigenvalue weighted by atomic mass is 127. The van der Waals surface area contributed by atoms with Gasteiger partial charge in [0.2, 0.25) is 0 Å². The zero-order chi connectivity index (χ0) is 12.3. The fourth-order valence-electron chi connectivity index (χ4n) is 2.19. The number of carbonyl (C=O) groups is 1. The molecule has 5 heteroatoms. The number of piperidine rings is 1. The van der Waals surface area contributed by atoms with Gasteiger partial charge in [0, 0.05) is 12.7 Å². The highest BCUT2D eigenvalue weighted by Gasteiger charge is 2.28. The van der Waals surface area contributed by atoms with Crippen LogP contribution in [-0.4, -0.2) is 33.5 Å². The predicted octanol–water partition coefficient (Wildman–Crippen LogP) is 2.13. The molecule has 0 aliphatic carbocycles. The van der Waals surface area contributed by atoms with Crippen LogP contribution in [0.15, 0.2) is 18.3 Å². The first-order chi connectivity index (χ1) is 8.16. The number of likely N-dealkylation sites (tertiary alicyclic amines) is 1. The van der Waals surface area contributed by atoms with Crippen molar-refractivity contribution < 1.29 is 9.90 Å².